The summed E-state index contributed by atoms with van der Waals surface area (Å²) in [6, 6.07) is 12.5. The van der Waals surface area contributed by atoms with E-state index < -0.39 is 0 Å². The number of carbonyl (C=O) groups is 1. The van der Waals surface area contributed by atoms with Crippen LogP contribution in [0.3, 0.4) is 0 Å². The van der Waals surface area contributed by atoms with Crippen LogP contribution in [0.4, 0.5) is 0 Å². The minimum Gasteiger partial charge on any atom is -0.872 e. The van der Waals surface area contributed by atoms with Gasteiger partial charge in [-0.2, -0.15) is 0 Å². The van der Waals surface area contributed by atoms with Gasteiger partial charge in [0.2, 0.25) is 0 Å². The van der Waals surface area contributed by atoms with E-state index in [1.807, 2.05) is 12.1 Å². The van der Waals surface area contributed by atoms with E-state index in [2.05, 4.69) is 0 Å². The Bertz CT molecular complexity index is 535. The number of para-hydroxylation sites is 1. The molecule has 2 nitrogen and oxygen atoms in total. The molecule has 0 aliphatic heterocycles. The standard InChI is InChI=1S/C14H12O2.Na/c1-10-4-2-7-13(14(10)16)12-6-3-5-11(8-12)9-15;/h2-9,16H,1H3;/q;+1/p-1. The fourth-order valence-electron chi connectivity index (χ4n) is 1.66. The maximum absolute atomic E-state index is 11.9. The Labute approximate surface area is 123 Å². The molecule has 0 aliphatic carbocycles. The van der Waals surface area contributed by atoms with Crippen LogP contribution in [-0.2, 0) is 0 Å². The number of hydrogen-bond acceptors (Lipinski definition) is 2. The quantitative estimate of drug-likeness (QED) is 0.521. The first-order valence-corrected chi connectivity index (χ1v) is 5.04. The van der Waals surface area contributed by atoms with Crippen LogP contribution in [0.15, 0.2) is 42.5 Å². The number of hydrogen-bond donors (Lipinski definition) is 0. The third kappa shape index (κ3) is 2.97. The Hall–Kier alpha value is -1.09. The van der Waals surface area contributed by atoms with Gasteiger partial charge in [0.15, 0.2) is 0 Å². The molecule has 0 spiro atoms. The van der Waals surface area contributed by atoms with Gasteiger partial charge in [0.05, 0.1) is 0 Å². The molecule has 2 aromatic rings. The molecule has 0 saturated carbocycles. The normalized spacial score (nSPS) is 9.47. The molecule has 3 heteroatoms. The van der Waals surface area contributed by atoms with Crippen LogP contribution in [0, 0.1) is 6.92 Å². The van der Waals surface area contributed by atoms with Gasteiger partial charge < -0.3 is 5.11 Å². The van der Waals surface area contributed by atoms with Gasteiger partial charge in [-0.25, -0.2) is 0 Å². The SMILES string of the molecule is Cc1cccc(-c2cccc(C=O)c2)c1[O-].[Na+]. The van der Waals surface area contributed by atoms with Crippen molar-refractivity contribution in [2.45, 2.75) is 6.92 Å². The van der Waals surface area contributed by atoms with Gasteiger partial charge in [-0.15, -0.1) is 0 Å². The zero-order valence-corrected chi connectivity index (χ0v) is 11.9. The summed E-state index contributed by atoms with van der Waals surface area (Å²) in [5.74, 6) is 0.0190. The van der Waals surface area contributed by atoms with E-state index in [1.165, 1.54) is 0 Å². The minimum atomic E-state index is 0. The van der Waals surface area contributed by atoms with Crippen LogP contribution < -0.4 is 34.7 Å². The summed E-state index contributed by atoms with van der Waals surface area (Å²) >= 11 is 0. The van der Waals surface area contributed by atoms with Gasteiger partial charge in [0, 0.05) is 5.56 Å². The molecule has 0 amide bonds. The monoisotopic (exact) mass is 234 g/mol. The van der Waals surface area contributed by atoms with E-state index in [1.54, 1.807) is 37.3 Å². The van der Waals surface area contributed by atoms with E-state index in [9.17, 15) is 9.90 Å². The Balaban J connectivity index is 0.00000144. The second-order valence-corrected chi connectivity index (χ2v) is 3.69. The van der Waals surface area contributed by atoms with Crippen molar-refractivity contribution in [3.05, 3.63) is 53.6 Å². The zero-order valence-electron chi connectivity index (χ0n) is 9.94. The largest absolute Gasteiger partial charge is 1.00 e. The van der Waals surface area contributed by atoms with Gasteiger partial charge in [-0.1, -0.05) is 47.7 Å². The zero-order chi connectivity index (χ0) is 11.5. The van der Waals surface area contributed by atoms with Gasteiger partial charge in [-0.05, 0) is 24.1 Å². The smallest absolute Gasteiger partial charge is 0.872 e. The molecule has 0 aliphatic rings. The summed E-state index contributed by atoms with van der Waals surface area (Å²) in [4.78, 5) is 10.7. The molecular weight excluding hydrogens is 223 g/mol. The summed E-state index contributed by atoms with van der Waals surface area (Å²) in [5, 5.41) is 11.9. The molecule has 0 unspecified atom stereocenters. The summed E-state index contributed by atoms with van der Waals surface area (Å²) < 4.78 is 0. The molecule has 2 aromatic carbocycles. The number of benzene rings is 2. The second kappa shape index (κ2) is 6.01. The first kappa shape index (κ1) is 14.0. The Morgan fingerprint density at radius 3 is 2.53 bits per heavy atom. The molecule has 2 rings (SSSR count). The molecule has 0 heterocycles. The summed E-state index contributed by atoms with van der Waals surface area (Å²) in [5.41, 5.74) is 2.73. The first-order valence-electron chi connectivity index (χ1n) is 5.04. The minimum absolute atomic E-state index is 0. The fraction of sp³-hybridized carbons (Fsp3) is 0.0714. The van der Waals surface area contributed by atoms with Gasteiger partial charge >= 0.3 is 29.6 Å². The molecule has 80 valence electrons. The topological polar surface area (TPSA) is 40.1 Å². The van der Waals surface area contributed by atoms with E-state index >= 15 is 0 Å². The molecule has 0 N–H and O–H groups in total. The maximum atomic E-state index is 11.9. The molecule has 0 aromatic heterocycles. The molecule has 0 fully saturated rings. The van der Waals surface area contributed by atoms with Crippen molar-refractivity contribution in [2.24, 2.45) is 0 Å². The van der Waals surface area contributed by atoms with E-state index in [-0.39, 0.29) is 35.3 Å². The molecule has 0 bridgehead atoms. The van der Waals surface area contributed by atoms with Gasteiger partial charge in [0.1, 0.15) is 6.29 Å². The van der Waals surface area contributed by atoms with Crippen LogP contribution in [0.5, 0.6) is 5.75 Å². The van der Waals surface area contributed by atoms with Crippen molar-refractivity contribution in [3.8, 4) is 16.9 Å². The van der Waals surface area contributed by atoms with Crippen LogP contribution >= 0.6 is 0 Å². The summed E-state index contributed by atoms with van der Waals surface area (Å²) in [6.07, 6.45) is 0.782. The predicted molar refractivity (Wildman–Crippen MR) is 61.4 cm³/mol. The second-order valence-electron chi connectivity index (χ2n) is 3.69. The number of rotatable bonds is 2. The number of aldehydes is 1. The van der Waals surface area contributed by atoms with E-state index in [0.29, 0.717) is 16.7 Å². The average molecular weight is 234 g/mol. The molecule has 0 atom stereocenters. The third-order valence-electron chi connectivity index (χ3n) is 2.55. The first-order chi connectivity index (χ1) is 7.72. The van der Waals surface area contributed by atoms with E-state index in [4.69, 9.17) is 0 Å². The Morgan fingerprint density at radius 2 is 1.82 bits per heavy atom. The molecule has 0 radical (unpaired) electrons. The summed E-state index contributed by atoms with van der Waals surface area (Å²) in [6.45, 7) is 1.79. The Kier molecular flexibility index (Phi) is 4.94. The van der Waals surface area contributed by atoms with Crippen molar-refractivity contribution in [1.82, 2.24) is 0 Å². The van der Waals surface area contributed by atoms with Crippen molar-refractivity contribution >= 4 is 6.29 Å². The number of aryl methyl sites for hydroxylation is 1. The van der Waals surface area contributed by atoms with Crippen molar-refractivity contribution in [3.63, 3.8) is 0 Å². The van der Waals surface area contributed by atoms with Crippen molar-refractivity contribution < 1.29 is 39.5 Å². The number of carbonyl (C=O) groups excluding carboxylic acids is 1. The van der Waals surface area contributed by atoms with E-state index in [0.717, 1.165) is 11.8 Å². The van der Waals surface area contributed by atoms with Crippen molar-refractivity contribution in [2.75, 3.05) is 0 Å². The molecule has 0 saturated heterocycles. The van der Waals surface area contributed by atoms with Crippen LogP contribution in [0.25, 0.3) is 11.1 Å². The third-order valence-corrected chi connectivity index (χ3v) is 2.55. The van der Waals surface area contributed by atoms with Crippen molar-refractivity contribution in [1.29, 1.82) is 0 Å². The van der Waals surface area contributed by atoms with Crippen LogP contribution in [0.1, 0.15) is 15.9 Å². The summed E-state index contributed by atoms with van der Waals surface area (Å²) in [7, 11) is 0. The Morgan fingerprint density at radius 1 is 1.12 bits per heavy atom. The van der Waals surface area contributed by atoms with Crippen LogP contribution in [-0.4, -0.2) is 6.29 Å². The predicted octanol–water partition coefficient (Wildman–Crippen LogP) is -0.448. The van der Waals surface area contributed by atoms with Crippen LogP contribution in [0.2, 0.25) is 0 Å². The fourth-order valence-corrected chi connectivity index (χ4v) is 1.66. The van der Waals surface area contributed by atoms with Gasteiger partial charge in [0.25, 0.3) is 0 Å². The maximum Gasteiger partial charge on any atom is 1.00 e. The molecule has 17 heavy (non-hydrogen) atoms. The van der Waals surface area contributed by atoms with Gasteiger partial charge in [-0.3, -0.25) is 4.79 Å². The average Bonchev–Trinajstić information content (AvgIpc) is 2.33. The molecular formula is C14H11NaO2.